The maximum Gasteiger partial charge on any atom is 0.322 e. The van der Waals surface area contributed by atoms with Gasteiger partial charge >= 0.3 is 6.03 Å². The van der Waals surface area contributed by atoms with E-state index in [2.05, 4.69) is 16.3 Å². The Hall–Kier alpha value is -2.49. The van der Waals surface area contributed by atoms with E-state index < -0.39 is 0 Å². The van der Waals surface area contributed by atoms with Gasteiger partial charge in [0.25, 0.3) is 0 Å². The van der Waals surface area contributed by atoms with Crippen molar-refractivity contribution in [2.75, 3.05) is 30.4 Å². The van der Waals surface area contributed by atoms with Gasteiger partial charge in [0.15, 0.2) is 0 Å². The van der Waals surface area contributed by atoms with E-state index in [4.69, 9.17) is 0 Å². The molecule has 0 saturated carbocycles. The minimum Gasteiger partial charge on any atom is -0.370 e. The van der Waals surface area contributed by atoms with Gasteiger partial charge in [-0.1, -0.05) is 42.5 Å². The molecule has 2 amide bonds. The number of benzene rings is 2. The first-order chi connectivity index (χ1) is 11.7. The van der Waals surface area contributed by atoms with E-state index in [0.29, 0.717) is 0 Å². The molecular formula is C20H25N3O. The summed E-state index contributed by atoms with van der Waals surface area (Å²) in [4.78, 5) is 16.8. The third-order valence-corrected chi connectivity index (χ3v) is 4.78. The Labute approximate surface area is 144 Å². The number of rotatable bonds is 4. The summed E-state index contributed by atoms with van der Waals surface area (Å²) in [5, 5.41) is 3.08. The summed E-state index contributed by atoms with van der Waals surface area (Å²) < 4.78 is 0. The van der Waals surface area contributed by atoms with Crippen LogP contribution in [0.3, 0.4) is 0 Å². The Balaban J connectivity index is 1.73. The molecule has 2 aromatic carbocycles. The summed E-state index contributed by atoms with van der Waals surface area (Å²) in [6.07, 6.45) is 2.43. The second-order valence-corrected chi connectivity index (χ2v) is 6.34. The molecule has 1 saturated heterocycles. The minimum atomic E-state index is -0.0852. The molecule has 0 spiro atoms. The van der Waals surface area contributed by atoms with E-state index >= 15 is 0 Å². The van der Waals surface area contributed by atoms with Crippen LogP contribution in [0.1, 0.15) is 31.4 Å². The van der Waals surface area contributed by atoms with Gasteiger partial charge in [-0.25, -0.2) is 4.79 Å². The first kappa shape index (κ1) is 16.4. The van der Waals surface area contributed by atoms with E-state index in [9.17, 15) is 4.79 Å². The summed E-state index contributed by atoms with van der Waals surface area (Å²) in [5.41, 5.74) is 3.13. The van der Waals surface area contributed by atoms with Gasteiger partial charge in [-0.05, 0) is 37.5 Å². The lowest BCUT2D eigenvalue weighted by molar-refractivity contribution is 0.208. The Morgan fingerprint density at radius 2 is 1.67 bits per heavy atom. The van der Waals surface area contributed by atoms with Crippen molar-refractivity contribution < 1.29 is 4.79 Å². The van der Waals surface area contributed by atoms with Crippen molar-refractivity contribution in [2.24, 2.45) is 0 Å². The van der Waals surface area contributed by atoms with E-state index in [1.54, 1.807) is 4.90 Å². The standard InChI is InChI=1S/C20H25N3O/c1-16(17-10-4-3-5-11-17)22(2)20(24)21-18-12-6-7-13-19(18)23-14-8-9-15-23/h3-7,10-13,16H,8-9,14-15H2,1-2H3,(H,21,24). The van der Waals surface area contributed by atoms with Gasteiger partial charge in [-0.15, -0.1) is 0 Å². The third kappa shape index (κ3) is 3.53. The molecule has 1 N–H and O–H groups in total. The summed E-state index contributed by atoms with van der Waals surface area (Å²) in [7, 11) is 1.84. The van der Waals surface area contributed by atoms with E-state index in [1.807, 2.05) is 62.5 Å². The molecule has 1 heterocycles. The minimum absolute atomic E-state index is 0.0187. The average molecular weight is 323 g/mol. The third-order valence-electron chi connectivity index (χ3n) is 4.78. The van der Waals surface area contributed by atoms with Gasteiger partial charge in [-0.3, -0.25) is 0 Å². The monoisotopic (exact) mass is 323 g/mol. The fourth-order valence-electron chi connectivity index (χ4n) is 3.15. The van der Waals surface area contributed by atoms with Crippen LogP contribution in [-0.4, -0.2) is 31.1 Å². The predicted octanol–water partition coefficient (Wildman–Crippen LogP) is 4.51. The lowest BCUT2D eigenvalue weighted by Crippen LogP contribution is -2.34. The molecule has 0 radical (unpaired) electrons. The van der Waals surface area contributed by atoms with Crippen molar-refractivity contribution in [3.63, 3.8) is 0 Å². The van der Waals surface area contributed by atoms with Crippen LogP contribution >= 0.6 is 0 Å². The zero-order valence-electron chi connectivity index (χ0n) is 14.4. The number of hydrogen-bond donors (Lipinski definition) is 1. The van der Waals surface area contributed by atoms with Crippen molar-refractivity contribution in [3.05, 3.63) is 60.2 Å². The summed E-state index contributed by atoms with van der Waals surface area (Å²) in [6.45, 7) is 4.16. The Kier molecular flexibility index (Phi) is 5.04. The first-order valence-corrected chi connectivity index (χ1v) is 8.59. The van der Waals surface area contributed by atoms with E-state index in [0.717, 1.165) is 30.0 Å². The Bertz CT molecular complexity index is 680. The second kappa shape index (κ2) is 7.39. The van der Waals surface area contributed by atoms with E-state index in [1.165, 1.54) is 12.8 Å². The molecule has 0 bridgehead atoms. The SMILES string of the molecule is CC(c1ccccc1)N(C)C(=O)Nc1ccccc1N1CCCC1. The van der Waals surface area contributed by atoms with Crippen LogP contribution in [0.4, 0.5) is 16.2 Å². The maximum atomic E-state index is 12.7. The Morgan fingerprint density at radius 3 is 2.38 bits per heavy atom. The lowest BCUT2D eigenvalue weighted by Gasteiger charge is -2.27. The number of carbonyl (C=O) groups is 1. The fraction of sp³-hybridized carbons (Fsp3) is 0.350. The highest BCUT2D eigenvalue weighted by molar-refractivity contribution is 5.93. The molecule has 1 aliphatic heterocycles. The average Bonchev–Trinajstić information content (AvgIpc) is 3.16. The lowest BCUT2D eigenvalue weighted by atomic mass is 10.1. The van der Waals surface area contributed by atoms with Crippen LogP contribution < -0.4 is 10.2 Å². The molecule has 1 unspecified atom stereocenters. The summed E-state index contributed by atoms with van der Waals surface area (Å²) in [5.74, 6) is 0. The van der Waals surface area contributed by atoms with Gasteiger partial charge in [0.05, 0.1) is 17.4 Å². The Morgan fingerprint density at radius 1 is 1.04 bits per heavy atom. The van der Waals surface area contributed by atoms with Gasteiger partial charge in [-0.2, -0.15) is 0 Å². The number of hydrogen-bond acceptors (Lipinski definition) is 2. The molecule has 4 nitrogen and oxygen atoms in total. The van der Waals surface area contributed by atoms with Crippen LogP contribution in [0.2, 0.25) is 0 Å². The van der Waals surface area contributed by atoms with Crippen molar-refractivity contribution in [1.29, 1.82) is 0 Å². The number of para-hydroxylation sites is 2. The zero-order valence-corrected chi connectivity index (χ0v) is 14.4. The zero-order chi connectivity index (χ0) is 16.9. The van der Waals surface area contributed by atoms with Crippen LogP contribution in [0.5, 0.6) is 0 Å². The number of amides is 2. The van der Waals surface area contributed by atoms with Crippen molar-refractivity contribution in [1.82, 2.24) is 4.90 Å². The van der Waals surface area contributed by atoms with Gasteiger partial charge in [0.1, 0.15) is 0 Å². The number of urea groups is 1. The molecule has 1 atom stereocenters. The molecule has 0 aromatic heterocycles. The van der Waals surface area contributed by atoms with Gasteiger partial charge in [0.2, 0.25) is 0 Å². The van der Waals surface area contributed by atoms with Crippen LogP contribution in [0.15, 0.2) is 54.6 Å². The van der Waals surface area contributed by atoms with Crippen molar-refractivity contribution in [2.45, 2.75) is 25.8 Å². The maximum absolute atomic E-state index is 12.7. The highest BCUT2D eigenvalue weighted by Crippen LogP contribution is 2.29. The molecule has 1 fully saturated rings. The topological polar surface area (TPSA) is 35.6 Å². The molecule has 4 heteroatoms. The van der Waals surface area contributed by atoms with Gasteiger partial charge < -0.3 is 15.1 Å². The molecular weight excluding hydrogens is 298 g/mol. The first-order valence-electron chi connectivity index (χ1n) is 8.59. The number of carbonyl (C=O) groups excluding carboxylic acids is 1. The van der Waals surface area contributed by atoms with Gasteiger partial charge in [0, 0.05) is 20.1 Å². The van der Waals surface area contributed by atoms with Crippen molar-refractivity contribution >= 4 is 17.4 Å². The highest BCUT2D eigenvalue weighted by atomic mass is 16.2. The van der Waals surface area contributed by atoms with Crippen molar-refractivity contribution in [3.8, 4) is 0 Å². The molecule has 3 rings (SSSR count). The molecule has 24 heavy (non-hydrogen) atoms. The molecule has 1 aliphatic rings. The predicted molar refractivity (Wildman–Crippen MR) is 99.5 cm³/mol. The largest absolute Gasteiger partial charge is 0.370 e. The smallest absolute Gasteiger partial charge is 0.322 e. The highest BCUT2D eigenvalue weighted by Gasteiger charge is 2.20. The second-order valence-electron chi connectivity index (χ2n) is 6.34. The number of anilines is 2. The fourth-order valence-corrected chi connectivity index (χ4v) is 3.15. The normalized spacial score (nSPS) is 15.2. The van der Waals surface area contributed by atoms with E-state index in [-0.39, 0.29) is 12.1 Å². The summed E-state index contributed by atoms with van der Waals surface area (Å²) in [6, 6.07) is 18.1. The quantitative estimate of drug-likeness (QED) is 0.898. The molecule has 0 aliphatic carbocycles. The van der Waals surface area contributed by atoms with Crippen LogP contribution in [-0.2, 0) is 0 Å². The number of nitrogens with one attached hydrogen (secondary N) is 1. The molecule has 126 valence electrons. The molecule has 2 aromatic rings. The van der Waals surface area contributed by atoms with Crippen LogP contribution in [0, 0.1) is 0 Å². The number of nitrogens with zero attached hydrogens (tertiary/aromatic N) is 2. The summed E-state index contributed by atoms with van der Waals surface area (Å²) >= 11 is 0. The van der Waals surface area contributed by atoms with Crippen LogP contribution in [0.25, 0.3) is 0 Å².